The molecule has 3 aromatic heterocycles. The minimum absolute atomic E-state index is 0.0455. The first-order chi connectivity index (χ1) is 19.0. The lowest BCUT2D eigenvalue weighted by Gasteiger charge is -2.26. The van der Waals surface area contributed by atoms with E-state index in [0.717, 1.165) is 12.1 Å². The van der Waals surface area contributed by atoms with Crippen LogP contribution in [0.15, 0.2) is 49.1 Å². The average Bonchev–Trinajstić information content (AvgIpc) is 3.23. The van der Waals surface area contributed by atoms with Gasteiger partial charge in [0, 0.05) is 30.2 Å². The van der Waals surface area contributed by atoms with Gasteiger partial charge in [-0.25, -0.2) is 27.2 Å². The number of sulfone groups is 1. The lowest BCUT2D eigenvalue weighted by atomic mass is 10.1. The molecule has 3 atom stereocenters. The molecule has 0 spiro atoms. The molecule has 1 aromatic carbocycles. The molecule has 1 aliphatic rings. The van der Waals surface area contributed by atoms with E-state index >= 15 is 4.39 Å². The van der Waals surface area contributed by atoms with Gasteiger partial charge >= 0.3 is 0 Å². The van der Waals surface area contributed by atoms with Gasteiger partial charge in [-0.2, -0.15) is 0 Å². The molecule has 210 valence electrons. The zero-order valence-electron chi connectivity index (χ0n) is 21.7. The SMILES string of the molecule is CC(C)O[C@@H](c1ncc(Cl)cn1)[C@H](C)S(=O)(=O)Cc1nnc2n1[C@@H](c1ccc(F)cc1F)COc1cnccc1-2. The van der Waals surface area contributed by atoms with Gasteiger partial charge < -0.3 is 9.47 Å². The second-order valence-electron chi connectivity index (χ2n) is 9.55. The van der Waals surface area contributed by atoms with Crippen molar-refractivity contribution in [1.29, 1.82) is 0 Å². The van der Waals surface area contributed by atoms with Gasteiger partial charge in [0.2, 0.25) is 0 Å². The molecular weight excluding hydrogens is 566 g/mol. The van der Waals surface area contributed by atoms with Crippen molar-refractivity contribution in [3.63, 3.8) is 0 Å². The fourth-order valence-electron chi connectivity index (χ4n) is 4.50. The number of rotatable bonds is 8. The molecular formula is C26H25ClF2N6O4S. The summed E-state index contributed by atoms with van der Waals surface area (Å²) in [5.41, 5.74) is 0.588. The highest BCUT2D eigenvalue weighted by molar-refractivity contribution is 7.91. The van der Waals surface area contributed by atoms with Gasteiger partial charge in [0.1, 0.15) is 41.7 Å². The smallest absolute Gasteiger partial charge is 0.168 e. The van der Waals surface area contributed by atoms with E-state index in [1.807, 2.05) is 0 Å². The first-order valence-electron chi connectivity index (χ1n) is 12.4. The molecule has 0 saturated heterocycles. The summed E-state index contributed by atoms with van der Waals surface area (Å²) in [7, 11) is -4.00. The van der Waals surface area contributed by atoms with E-state index in [0.29, 0.717) is 16.3 Å². The highest BCUT2D eigenvalue weighted by Crippen LogP contribution is 2.38. The Morgan fingerprint density at radius 1 is 1.12 bits per heavy atom. The minimum Gasteiger partial charge on any atom is -0.489 e. The van der Waals surface area contributed by atoms with Crippen LogP contribution in [0.25, 0.3) is 11.4 Å². The van der Waals surface area contributed by atoms with E-state index in [1.165, 1.54) is 42.3 Å². The third-order valence-electron chi connectivity index (χ3n) is 6.46. The van der Waals surface area contributed by atoms with Crippen LogP contribution in [-0.2, 0) is 20.3 Å². The van der Waals surface area contributed by atoms with Crippen molar-refractivity contribution in [1.82, 2.24) is 29.7 Å². The Labute approximate surface area is 234 Å². The number of ether oxygens (including phenoxy) is 2. The van der Waals surface area contributed by atoms with E-state index in [2.05, 4.69) is 25.1 Å². The summed E-state index contributed by atoms with van der Waals surface area (Å²) in [4.78, 5) is 12.4. The van der Waals surface area contributed by atoms with Crippen molar-refractivity contribution in [2.45, 2.75) is 50.0 Å². The largest absolute Gasteiger partial charge is 0.489 e. The molecule has 0 aliphatic carbocycles. The number of nitrogens with zero attached hydrogens (tertiary/aromatic N) is 6. The van der Waals surface area contributed by atoms with Crippen molar-refractivity contribution < 1.29 is 26.7 Å². The maximum absolute atomic E-state index is 15.0. The Bertz CT molecular complexity index is 1630. The van der Waals surface area contributed by atoms with Crippen LogP contribution < -0.4 is 4.74 Å². The Balaban J connectivity index is 1.58. The molecule has 0 bridgehead atoms. The van der Waals surface area contributed by atoms with Crippen molar-refractivity contribution in [3.8, 4) is 17.1 Å². The summed E-state index contributed by atoms with van der Waals surface area (Å²) in [6.07, 6.45) is 4.40. The summed E-state index contributed by atoms with van der Waals surface area (Å²) in [5.74, 6) is -1.28. The van der Waals surface area contributed by atoms with Crippen LogP contribution in [-0.4, -0.2) is 56.1 Å². The van der Waals surface area contributed by atoms with Crippen LogP contribution in [0.3, 0.4) is 0 Å². The zero-order chi connectivity index (χ0) is 28.6. The summed E-state index contributed by atoms with van der Waals surface area (Å²) < 4.78 is 69.8. The molecule has 10 nitrogen and oxygen atoms in total. The van der Waals surface area contributed by atoms with E-state index in [9.17, 15) is 12.8 Å². The van der Waals surface area contributed by atoms with Crippen molar-refractivity contribution in [3.05, 3.63) is 82.9 Å². The molecule has 5 rings (SSSR count). The van der Waals surface area contributed by atoms with Crippen LogP contribution in [0.1, 0.15) is 50.1 Å². The van der Waals surface area contributed by atoms with Gasteiger partial charge in [0.15, 0.2) is 21.5 Å². The van der Waals surface area contributed by atoms with Crippen LogP contribution in [0.5, 0.6) is 5.75 Å². The van der Waals surface area contributed by atoms with Gasteiger partial charge in [0.05, 0.1) is 34.2 Å². The number of benzene rings is 1. The highest BCUT2D eigenvalue weighted by atomic mass is 35.5. The molecule has 40 heavy (non-hydrogen) atoms. The Hall–Kier alpha value is -3.55. The molecule has 14 heteroatoms. The Morgan fingerprint density at radius 3 is 2.58 bits per heavy atom. The van der Waals surface area contributed by atoms with Crippen LogP contribution >= 0.6 is 11.6 Å². The van der Waals surface area contributed by atoms with E-state index < -0.39 is 44.6 Å². The summed E-state index contributed by atoms with van der Waals surface area (Å²) >= 11 is 5.92. The molecule has 0 saturated carbocycles. The number of aromatic nitrogens is 6. The molecule has 4 aromatic rings. The number of hydrogen-bond acceptors (Lipinski definition) is 9. The number of fused-ring (bicyclic) bond motifs is 3. The summed E-state index contributed by atoms with van der Waals surface area (Å²) in [6, 6.07) is 3.92. The number of halogens is 3. The Morgan fingerprint density at radius 2 is 1.88 bits per heavy atom. The second-order valence-corrected chi connectivity index (χ2v) is 12.3. The quantitative estimate of drug-likeness (QED) is 0.291. The standard InChI is InChI=1S/C26H25ClF2N6O4S/c1-14(2)39-24(25-31-9-16(27)10-32-25)15(3)40(36,37)13-23-33-34-26-19-6-7-30-11-22(19)38-12-21(35(23)26)18-5-4-17(28)8-20(18)29/h4-11,14-15,21,24H,12-13H2,1-3H3/t15-,21+,24+/m0/s1. The normalized spacial score (nSPS) is 16.5. The maximum Gasteiger partial charge on any atom is 0.168 e. The predicted molar refractivity (Wildman–Crippen MR) is 141 cm³/mol. The number of hydrogen-bond donors (Lipinski definition) is 0. The van der Waals surface area contributed by atoms with Crippen molar-refractivity contribution in [2.24, 2.45) is 0 Å². The zero-order valence-corrected chi connectivity index (χ0v) is 23.3. The third kappa shape index (κ3) is 5.54. The molecule has 0 fully saturated rings. The highest BCUT2D eigenvalue weighted by Gasteiger charge is 2.37. The molecule has 1 aliphatic heterocycles. The fourth-order valence-corrected chi connectivity index (χ4v) is 5.98. The minimum atomic E-state index is -4.00. The van der Waals surface area contributed by atoms with Crippen molar-refractivity contribution in [2.75, 3.05) is 6.61 Å². The fraction of sp³-hybridized carbons (Fsp3) is 0.346. The average molecular weight is 591 g/mol. The van der Waals surface area contributed by atoms with E-state index in [-0.39, 0.29) is 35.7 Å². The maximum atomic E-state index is 15.0. The molecule has 0 N–H and O–H groups in total. The van der Waals surface area contributed by atoms with Gasteiger partial charge in [-0.1, -0.05) is 17.7 Å². The van der Waals surface area contributed by atoms with E-state index in [4.69, 9.17) is 21.1 Å². The number of pyridine rings is 1. The van der Waals surface area contributed by atoms with Crippen LogP contribution in [0, 0.1) is 11.6 Å². The summed E-state index contributed by atoms with van der Waals surface area (Å²) in [5, 5.41) is 7.65. The molecule has 4 heterocycles. The summed E-state index contributed by atoms with van der Waals surface area (Å²) in [6.45, 7) is 4.94. The van der Waals surface area contributed by atoms with E-state index in [1.54, 1.807) is 19.9 Å². The molecule has 0 radical (unpaired) electrons. The van der Waals surface area contributed by atoms with Gasteiger partial charge in [-0.05, 0) is 32.9 Å². The lowest BCUT2D eigenvalue weighted by Crippen LogP contribution is -2.32. The predicted octanol–water partition coefficient (Wildman–Crippen LogP) is 4.51. The third-order valence-corrected chi connectivity index (χ3v) is 8.69. The van der Waals surface area contributed by atoms with Gasteiger partial charge in [-0.3, -0.25) is 9.55 Å². The monoisotopic (exact) mass is 590 g/mol. The topological polar surface area (TPSA) is 122 Å². The second kappa shape index (κ2) is 11.1. The Kier molecular flexibility index (Phi) is 7.80. The van der Waals surface area contributed by atoms with Crippen LogP contribution in [0.4, 0.5) is 8.78 Å². The molecule has 0 amide bonds. The first kappa shape index (κ1) is 28.0. The van der Waals surface area contributed by atoms with Gasteiger partial charge in [0.25, 0.3) is 0 Å². The van der Waals surface area contributed by atoms with Gasteiger partial charge in [-0.15, -0.1) is 10.2 Å². The lowest BCUT2D eigenvalue weighted by molar-refractivity contribution is 0.00142. The first-order valence-corrected chi connectivity index (χ1v) is 14.4. The van der Waals surface area contributed by atoms with Crippen LogP contribution in [0.2, 0.25) is 5.02 Å². The van der Waals surface area contributed by atoms with Crippen molar-refractivity contribution >= 4 is 21.4 Å². The molecule has 0 unspecified atom stereocenters.